The molecule has 0 saturated carbocycles. The molecule has 106 valence electrons. The Labute approximate surface area is 122 Å². The normalized spacial score (nSPS) is 12.9. The number of aliphatic hydroxyl groups is 1. The number of aryl methyl sites for hydroxylation is 1. The summed E-state index contributed by atoms with van der Waals surface area (Å²) in [7, 11) is 0. The maximum atomic E-state index is 9.86. The quantitative estimate of drug-likeness (QED) is 0.770. The molecule has 5 heteroatoms. The van der Waals surface area contributed by atoms with Crippen molar-refractivity contribution in [2.45, 2.75) is 13.0 Å². The van der Waals surface area contributed by atoms with E-state index < -0.39 is 6.10 Å². The van der Waals surface area contributed by atoms with Gasteiger partial charge in [0, 0.05) is 5.56 Å². The Hall–Kier alpha value is -2.66. The van der Waals surface area contributed by atoms with Gasteiger partial charge in [0.15, 0.2) is 5.82 Å². The number of hydrogen-bond acceptors (Lipinski definition) is 4. The summed E-state index contributed by atoms with van der Waals surface area (Å²) < 4.78 is 5.73. The fraction of sp³-hybridized carbons (Fsp3) is 0.125. The van der Waals surface area contributed by atoms with E-state index in [9.17, 15) is 5.11 Å². The zero-order valence-corrected chi connectivity index (χ0v) is 11.5. The molecule has 1 atom stereocenters. The van der Waals surface area contributed by atoms with E-state index in [2.05, 4.69) is 15.2 Å². The molecule has 0 radical (unpaired) electrons. The van der Waals surface area contributed by atoms with E-state index in [1.807, 2.05) is 43.3 Å². The SMILES string of the molecule is Cc1ccc(-c2ccc(C=CC(O)c3ncn[nH]3)o2)cc1. The summed E-state index contributed by atoms with van der Waals surface area (Å²) in [5.74, 6) is 1.87. The van der Waals surface area contributed by atoms with Crippen LogP contribution in [0.1, 0.15) is 23.3 Å². The molecule has 0 aliphatic carbocycles. The lowest BCUT2D eigenvalue weighted by Gasteiger charge is -1.99. The first-order valence-electron chi connectivity index (χ1n) is 6.61. The van der Waals surface area contributed by atoms with Crippen LogP contribution in [0.5, 0.6) is 0 Å². The van der Waals surface area contributed by atoms with Crippen LogP contribution in [0.4, 0.5) is 0 Å². The molecular formula is C16H15N3O2. The van der Waals surface area contributed by atoms with Crippen molar-refractivity contribution in [3.63, 3.8) is 0 Å². The Morgan fingerprint density at radius 1 is 1.19 bits per heavy atom. The van der Waals surface area contributed by atoms with Gasteiger partial charge in [-0.15, -0.1) is 0 Å². The van der Waals surface area contributed by atoms with Gasteiger partial charge in [-0.05, 0) is 31.2 Å². The topological polar surface area (TPSA) is 74.9 Å². The van der Waals surface area contributed by atoms with Crippen molar-refractivity contribution >= 4 is 6.08 Å². The highest BCUT2D eigenvalue weighted by Crippen LogP contribution is 2.23. The van der Waals surface area contributed by atoms with Crippen molar-refractivity contribution in [1.82, 2.24) is 15.2 Å². The average Bonchev–Trinajstić information content (AvgIpc) is 3.17. The maximum Gasteiger partial charge on any atom is 0.157 e. The Morgan fingerprint density at radius 2 is 2.00 bits per heavy atom. The zero-order valence-electron chi connectivity index (χ0n) is 11.5. The predicted octanol–water partition coefficient (Wildman–Crippen LogP) is 3.12. The molecule has 0 bridgehead atoms. The summed E-state index contributed by atoms with van der Waals surface area (Å²) in [5.41, 5.74) is 2.23. The molecule has 2 heterocycles. The number of aromatic nitrogens is 3. The molecule has 0 fully saturated rings. The standard InChI is InChI=1S/C16H15N3O2/c1-11-2-4-12(5-3-11)15-9-7-13(21-15)6-8-14(20)16-17-10-18-19-16/h2-10,14,20H,1H3,(H,17,18,19). The highest BCUT2D eigenvalue weighted by Gasteiger charge is 2.07. The number of H-pyrrole nitrogens is 1. The van der Waals surface area contributed by atoms with E-state index in [1.54, 1.807) is 12.2 Å². The third-order valence-corrected chi connectivity index (χ3v) is 3.12. The van der Waals surface area contributed by atoms with Crippen LogP contribution >= 0.6 is 0 Å². The summed E-state index contributed by atoms with van der Waals surface area (Å²) in [5, 5.41) is 16.2. The fourth-order valence-electron chi connectivity index (χ4n) is 1.95. The third kappa shape index (κ3) is 3.09. The monoisotopic (exact) mass is 281 g/mol. The highest BCUT2D eigenvalue weighted by molar-refractivity contribution is 5.60. The van der Waals surface area contributed by atoms with Gasteiger partial charge < -0.3 is 9.52 Å². The number of furan rings is 1. The molecule has 1 unspecified atom stereocenters. The van der Waals surface area contributed by atoms with E-state index in [4.69, 9.17) is 4.42 Å². The summed E-state index contributed by atoms with van der Waals surface area (Å²) in [6.45, 7) is 2.05. The van der Waals surface area contributed by atoms with Gasteiger partial charge in [-0.1, -0.05) is 29.8 Å². The summed E-state index contributed by atoms with van der Waals surface area (Å²) >= 11 is 0. The van der Waals surface area contributed by atoms with Crippen LogP contribution in [-0.4, -0.2) is 20.3 Å². The van der Waals surface area contributed by atoms with E-state index in [0.717, 1.165) is 11.3 Å². The first-order chi connectivity index (χ1) is 10.2. The molecule has 0 aliphatic heterocycles. The van der Waals surface area contributed by atoms with Gasteiger partial charge >= 0.3 is 0 Å². The van der Waals surface area contributed by atoms with Crippen LogP contribution in [0.15, 0.2) is 53.2 Å². The zero-order chi connectivity index (χ0) is 14.7. The predicted molar refractivity (Wildman–Crippen MR) is 79.3 cm³/mol. The minimum atomic E-state index is -0.833. The Balaban J connectivity index is 1.74. The van der Waals surface area contributed by atoms with Gasteiger partial charge in [-0.3, -0.25) is 5.10 Å². The number of nitrogens with one attached hydrogen (secondary N) is 1. The minimum Gasteiger partial charge on any atom is -0.457 e. The lowest BCUT2D eigenvalue weighted by molar-refractivity contribution is 0.219. The molecule has 0 amide bonds. The van der Waals surface area contributed by atoms with Crippen molar-refractivity contribution < 1.29 is 9.52 Å². The highest BCUT2D eigenvalue weighted by atomic mass is 16.3. The van der Waals surface area contributed by atoms with Crippen molar-refractivity contribution in [1.29, 1.82) is 0 Å². The van der Waals surface area contributed by atoms with Crippen LogP contribution in [0.2, 0.25) is 0 Å². The van der Waals surface area contributed by atoms with Gasteiger partial charge in [0.05, 0.1) is 0 Å². The summed E-state index contributed by atoms with van der Waals surface area (Å²) in [6, 6.07) is 11.9. The van der Waals surface area contributed by atoms with Crippen molar-refractivity contribution in [2.24, 2.45) is 0 Å². The molecule has 0 aliphatic rings. The molecule has 1 aromatic carbocycles. The van der Waals surface area contributed by atoms with Crippen molar-refractivity contribution in [2.75, 3.05) is 0 Å². The maximum absolute atomic E-state index is 9.86. The van der Waals surface area contributed by atoms with Gasteiger partial charge in [0.1, 0.15) is 24.0 Å². The number of benzene rings is 1. The van der Waals surface area contributed by atoms with E-state index in [-0.39, 0.29) is 0 Å². The molecule has 2 N–H and O–H groups in total. The summed E-state index contributed by atoms with van der Waals surface area (Å²) in [4.78, 5) is 3.89. The molecule has 21 heavy (non-hydrogen) atoms. The van der Waals surface area contributed by atoms with Crippen molar-refractivity contribution in [3.05, 3.63) is 65.9 Å². The number of nitrogens with zero attached hydrogens (tertiary/aromatic N) is 2. The Bertz CT molecular complexity index is 727. The average molecular weight is 281 g/mol. The summed E-state index contributed by atoms with van der Waals surface area (Å²) in [6.07, 6.45) is 3.83. The Morgan fingerprint density at radius 3 is 2.71 bits per heavy atom. The molecule has 0 spiro atoms. The second-order valence-electron chi connectivity index (χ2n) is 4.74. The molecule has 5 nitrogen and oxygen atoms in total. The van der Waals surface area contributed by atoms with E-state index >= 15 is 0 Å². The lowest BCUT2D eigenvalue weighted by Crippen LogP contribution is -1.95. The van der Waals surface area contributed by atoms with Crippen LogP contribution in [0.25, 0.3) is 17.4 Å². The van der Waals surface area contributed by atoms with Crippen LogP contribution in [0.3, 0.4) is 0 Å². The second-order valence-corrected chi connectivity index (χ2v) is 4.74. The smallest absolute Gasteiger partial charge is 0.157 e. The molecule has 2 aromatic heterocycles. The van der Waals surface area contributed by atoms with Gasteiger partial charge in [-0.2, -0.15) is 5.10 Å². The Kier molecular flexibility index (Phi) is 3.66. The number of aliphatic hydroxyl groups excluding tert-OH is 1. The lowest BCUT2D eigenvalue weighted by atomic mass is 10.1. The van der Waals surface area contributed by atoms with Crippen LogP contribution < -0.4 is 0 Å². The molecule has 3 rings (SSSR count). The first kappa shape index (κ1) is 13.3. The third-order valence-electron chi connectivity index (χ3n) is 3.12. The van der Waals surface area contributed by atoms with Crippen LogP contribution in [0, 0.1) is 6.92 Å². The van der Waals surface area contributed by atoms with E-state index in [0.29, 0.717) is 11.6 Å². The molecular weight excluding hydrogens is 266 g/mol. The molecule has 0 saturated heterocycles. The minimum absolute atomic E-state index is 0.400. The van der Waals surface area contributed by atoms with Crippen molar-refractivity contribution in [3.8, 4) is 11.3 Å². The van der Waals surface area contributed by atoms with Gasteiger partial charge in [-0.25, -0.2) is 4.98 Å². The van der Waals surface area contributed by atoms with Gasteiger partial charge in [0.25, 0.3) is 0 Å². The van der Waals surface area contributed by atoms with E-state index in [1.165, 1.54) is 11.9 Å². The number of aromatic amines is 1. The second kappa shape index (κ2) is 5.76. The first-order valence-corrected chi connectivity index (χ1v) is 6.61. The van der Waals surface area contributed by atoms with Crippen LogP contribution in [-0.2, 0) is 0 Å². The number of rotatable bonds is 4. The molecule has 3 aromatic rings. The number of hydrogen-bond donors (Lipinski definition) is 2. The largest absolute Gasteiger partial charge is 0.457 e. The van der Waals surface area contributed by atoms with Gasteiger partial charge in [0.2, 0.25) is 0 Å². The fourth-order valence-corrected chi connectivity index (χ4v) is 1.95.